The first-order chi connectivity index (χ1) is 8.38. The van der Waals surface area contributed by atoms with E-state index in [1.807, 2.05) is 24.3 Å². The Labute approximate surface area is 112 Å². The molecule has 0 aliphatic rings. The van der Waals surface area contributed by atoms with Crippen LogP contribution in [-0.2, 0) is 4.74 Å². The largest absolute Gasteiger partial charge is 0.411 e. The van der Waals surface area contributed by atoms with E-state index in [9.17, 15) is 13.2 Å². The van der Waals surface area contributed by atoms with Crippen LogP contribution in [0.4, 0.5) is 13.2 Å². The average molecular weight is 326 g/mol. The summed E-state index contributed by atoms with van der Waals surface area (Å²) in [6, 6.07) is 7.38. The van der Waals surface area contributed by atoms with Crippen molar-refractivity contribution in [3.63, 3.8) is 0 Å². The highest BCUT2D eigenvalue weighted by molar-refractivity contribution is 9.10. The third kappa shape index (κ3) is 6.37. The van der Waals surface area contributed by atoms with E-state index in [4.69, 9.17) is 5.73 Å². The molecule has 0 heterocycles. The van der Waals surface area contributed by atoms with E-state index in [0.717, 1.165) is 10.0 Å². The standard InChI is InChI=1S/C12H15BrF3NO/c13-10-4-1-3-9(7-10)11(17)5-2-6-18-8-12(14,15)16/h1,3-4,7,11H,2,5-6,8,17H2. The van der Waals surface area contributed by atoms with Gasteiger partial charge in [0, 0.05) is 17.1 Å². The van der Waals surface area contributed by atoms with Crippen molar-refractivity contribution in [2.24, 2.45) is 5.73 Å². The summed E-state index contributed by atoms with van der Waals surface area (Å²) in [6.45, 7) is -1.12. The molecule has 0 spiro atoms. The summed E-state index contributed by atoms with van der Waals surface area (Å²) >= 11 is 3.34. The molecule has 2 nitrogen and oxygen atoms in total. The predicted molar refractivity (Wildman–Crippen MR) is 67.2 cm³/mol. The Kier molecular flexibility index (Phi) is 6.11. The maximum atomic E-state index is 11.8. The van der Waals surface area contributed by atoms with Crippen LogP contribution in [0.25, 0.3) is 0 Å². The molecule has 1 atom stereocenters. The quantitative estimate of drug-likeness (QED) is 0.807. The molecule has 0 saturated carbocycles. The van der Waals surface area contributed by atoms with E-state index < -0.39 is 12.8 Å². The van der Waals surface area contributed by atoms with Gasteiger partial charge in [-0.2, -0.15) is 13.2 Å². The lowest BCUT2D eigenvalue weighted by atomic mass is 10.0. The molecule has 1 aromatic rings. The highest BCUT2D eigenvalue weighted by Gasteiger charge is 2.27. The first-order valence-corrected chi connectivity index (χ1v) is 6.33. The first kappa shape index (κ1) is 15.5. The second-order valence-electron chi connectivity index (χ2n) is 3.97. The maximum Gasteiger partial charge on any atom is 0.411 e. The van der Waals surface area contributed by atoms with Gasteiger partial charge in [0.05, 0.1) is 0 Å². The number of ether oxygens (including phenoxy) is 1. The van der Waals surface area contributed by atoms with E-state index in [1.54, 1.807) is 0 Å². The molecule has 1 unspecified atom stereocenters. The van der Waals surface area contributed by atoms with Gasteiger partial charge in [-0.3, -0.25) is 0 Å². The van der Waals surface area contributed by atoms with Crippen LogP contribution in [0, 0.1) is 0 Å². The van der Waals surface area contributed by atoms with Gasteiger partial charge in [0.25, 0.3) is 0 Å². The molecule has 0 amide bonds. The van der Waals surface area contributed by atoms with E-state index in [-0.39, 0.29) is 12.6 Å². The van der Waals surface area contributed by atoms with Gasteiger partial charge < -0.3 is 10.5 Å². The number of halogens is 4. The fourth-order valence-corrected chi connectivity index (χ4v) is 1.91. The summed E-state index contributed by atoms with van der Waals surface area (Å²) in [5.41, 5.74) is 6.89. The number of benzene rings is 1. The zero-order chi connectivity index (χ0) is 13.6. The first-order valence-electron chi connectivity index (χ1n) is 5.54. The third-order valence-electron chi connectivity index (χ3n) is 2.35. The van der Waals surface area contributed by atoms with Gasteiger partial charge in [0.15, 0.2) is 0 Å². The Morgan fingerprint density at radius 3 is 2.67 bits per heavy atom. The van der Waals surface area contributed by atoms with Crippen molar-refractivity contribution >= 4 is 15.9 Å². The van der Waals surface area contributed by atoms with Crippen molar-refractivity contribution in [1.29, 1.82) is 0 Å². The number of nitrogens with two attached hydrogens (primary N) is 1. The van der Waals surface area contributed by atoms with Gasteiger partial charge in [0.2, 0.25) is 0 Å². The summed E-state index contributed by atoms with van der Waals surface area (Å²) in [4.78, 5) is 0. The number of rotatable bonds is 6. The van der Waals surface area contributed by atoms with Gasteiger partial charge in [-0.05, 0) is 30.5 Å². The molecule has 1 rings (SSSR count). The fourth-order valence-electron chi connectivity index (χ4n) is 1.50. The van der Waals surface area contributed by atoms with E-state index in [1.165, 1.54) is 0 Å². The smallest absolute Gasteiger partial charge is 0.372 e. The van der Waals surface area contributed by atoms with Gasteiger partial charge in [-0.1, -0.05) is 28.1 Å². The number of alkyl halides is 3. The molecule has 0 saturated heterocycles. The van der Waals surface area contributed by atoms with E-state index in [0.29, 0.717) is 12.8 Å². The van der Waals surface area contributed by atoms with Crippen molar-refractivity contribution < 1.29 is 17.9 Å². The topological polar surface area (TPSA) is 35.2 Å². The van der Waals surface area contributed by atoms with Crippen LogP contribution >= 0.6 is 15.9 Å². The van der Waals surface area contributed by atoms with Gasteiger partial charge in [0.1, 0.15) is 6.61 Å². The van der Waals surface area contributed by atoms with E-state index >= 15 is 0 Å². The van der Waals surface area contributed by atoms with Crippen LogP contribution in [0.1, 0.15) is 24.4 Å². The zero-order valence-electron chi connectivity index (χ0n) is 9.71. The lowest BCUT2D eigenvalue weighted by molar-refractivity contribution is -0.174. The molecule has 102 valence electrons. The summed E-state index contributed by atoms with van der Waals surface area (Å²) in [5.74, 6) is 0. The minimum absolute atomic E-state index is 0.0706. The number of hydrogen-bond acceptors (Lipinski definition) is 2. The van der Waals surface area contributed by atoms with Crippen molar-refractivity contribution in [3.8, 4) is 0 Å². The molecule has 0 bridgehead atoms. The highest BCUT2D eigenvalue weighted by Crippen LogP contribution is 2.20. The average Bonchev–Trinajstić information content (AvgIpc) is 2.26. The van der Waals surface area contributed by atoms with Crippen molar-refractivity contribution in [2.75, 3.05) is 13.2 Å². The monoisotopic (exact) mass is 325 g/mol. The SMILES string of the molecule is NC(CCCOCC(F)(F)F)c1cccc(Br)c1. The molecule has 0 fully saturated rings. The highest BCUT2D eigenvalue weighted by atomic mass is 79.9. The normalized spacial score (nSPS) is 13.6. The molecule has 0 aromatic heterocycles. The second kappa shape index (κ2) is 7.11. The second-order valence-corrected chi connectivity index (χ2v) is 4.89. The molecule has 0 aliphatic heterocycles. The van der Waals surface area contributed by atoms with Crippen LogP contribution in [0.2, 0.25) is 0 Å². The fraction of sp³-hybridized carbons (Fsp3) is 0.500. The van der Waals surface area contributed by atoms with Gasteiger partial charge in [-0.15, -0.1) is 0 Å². The van der Waals surface area contributed by atoms with Crippen LogP contribution in [-0.4, -0.2) is 19.4 Å². The Morgan fingerprint density at radius 1 is 1.33 bits per heavy atom. The van der Waals surface area contributed by atoms with Crippen molar-refractivity contribution in [3.05, 3.63) is 34.3 Å². The molecular weight excluding hydrogens is 311 g/mol. The third-order valence-corrected chi connectivity index (χ3v) is 2.84. The van der Waals surface area contributed by atoms with Crippen LogP contribution in [0.3, 0.4) is 0 Å². The maximum absolute atomic E-state index is 11.8. The van der Waals surface area contributed by atoms with Crippen LogP contribution in [0.5, 0.6) is 0 Å². The minimum atomic E-state index is -4.26. The van der Waals surface area contributed by atoms with E-state index in [2.05, 4.69) is 20.7 Å². The minimum Gasteiger partial charge on any atom is -0.372 e. The van der Waals surface area contributed by atoms with Crippen molar-refractivity contribution in [2.45, 2.75) is 25.1 Å². The molecule has 6 heteroatoms. The Bertz CT molecular complexity index is 371. The zero-order valence-corrected chi connectivity index (χ0v) is 11.3. The lowest BCUT2D eigenvalue weighted by Gasteiger charge is -2.13. The molecule has 0 aliphatic carbocycles. The summed E-state index contributed by atoms with van der Waals surface area (Å²) in [5, 5.41) is 0. The molecule has 1 aromatic carbocycles. The molecule has 0 radical (unpaired) electrons. The lowest BCUT2D eigenvalue weighted by Crippen LogP contribution is -2.18. The molecule has 2 N–H and O–H groups in total. The molecular formula is C12H15BrF3NO. The Morgan fingerprint density at radius 2 is 2.06 bits per heavy atom. The summed E-state index contributed by atoms with van der Waals surface area (Å²) in [6.07, 6.45) is -3.16. The number of hydrogen-bond donors (Lipinski definition) is 1. The van der Waals surface area contributed by atoms with Crippen LogP contribution < -0.4 is 5.73 Å². The van der Waals surface area contributed by atoms with Gasteiger partial charge >= 0.3 is 6.18 Å². The summed E-state index contributed by atoms with van der Waals surface area (Å²) < 4.78 is 40.8. The molecule has 18 heavy (non-hydrogen) atoms. The van der Waals surface area contributed by atoms with Crippen LogP contribution in [0.15, 0.2) is 28.7 Å². The van der Waals surface area contributed by atoms with Crippen molar-refractivity contribution in [1.82, 2.24) is 0 Å². The Balaban J connectivity index is 2.23. The predicted octanol–water partition coefficient (Wildman–Crippen LogP) is 3.81. The Hall–Kier alpha value is -0.590. The summed E-state index contributed by atoms with van der Waals surface area (Å²) in [7, 11) is 0. The van der Waals surface area contributed by atoms with Gasteiger partial charge in [-0.25, -0.2) is 0 Å².